The first-order chi connectivity index (χ1) is 5.04. The molecule has 1 atom stereocenters. The molecule has 0 N–H and O–H groups in total. The van der Waals surface area contributed by atoms with Gasteiger partial charge in [0.05, 0.1) is 18.7 Å². The smallest absolute Gasteiger partial charge is 0.208 e. The summed E-state index contributed by atoms with van der Waals surface area (Å²) in [5, 5.41) is 10.1. The molecule has 0 saturated heterocycles. The predicted octanol–water partition coefficient (Wildman–Crippen LogP) is 0.0708. The molecule has 0 saturated carbocycles. The highest BCUT2D eigenvalue weighted by molar-refractivity contribution is 7.59. The molecule has 0 unspecified atom stereocenters. The van der Waals surface area contributed by atoms with E-state index in [0.717, 1.165) is 0 Å². The molecule has 66 valence electrons. The Hall–Kier alpha value is -0.340. The van der Waals surface area contributed by atoms with Gasteiger partial charge >= 0.3 is 0 Å². The van der Waals surface area contributed by atoms with Crippen molar-refractivity contribution in [1.29, 1.82) is 0 Å². The molecule has 0 rings (SSSR count). The van der Waals surface area contributed by atoms with E-state index >= 15 is 0 Å². The van der Waals surface area contributed by atoms with Crippen LogP contribution in [0.2, 0.25) is 0 Å². The fourth-order valence-corrected chi connectivity index (χ4v) is 2.04. The van der Waals surface area contributed by atoms with Crippen LogP contribution in [0.1, 0.15) is 13.8 Å². The molecule has 0 aliphatic carbocycles. The van der Waals surface area contributed by atoms with E-state index in [1.807, 2.05) is 0 Å². The maximum atomic E-state index is 11.3. The van der Waals surface area contributed by atoms with Crippen LogP contribution in [0.4, 0.5) is 0 Å². The van der Waals surface area contributed by atoms with E-state index in [4.69, 9.17) is 4.52 Å². The molecule has 0 aliphatic heterocycles. The zero-order valence-corrected chi connectivity index (χ0v) is 7.60. The second kappa shape index (κ2) is 4.52. The lowest BCUT2D eigenvalue weighted by molar-refractivity contribution is -0.301. The van der Waals surface area contributed by atoms with Crippen molar-refractivity contribution >= 4 is 13.3 Å². The Bertz CT molecular complexity index is 177. The van der Waals surface area contributed by atoms with Gasteiger partial charge in [-0.05, 0) is 6.92 Å². The van der Waals surface area contributed by atoms with Gasteiger partial charge in [0.1, 0.15) is 0 Å². The van der Waals surface area contributed by atoms with Crippen LogP contribution in [0.3, 0.4) is 0 Å². The molecule has 11 heavy (non-hydrogen) atoms. The van der Waals surface area contributed by atoms with Gasteiger partial charge in [0, 0.05) is 6.16 Å². The van der Waals surface area contributed by atoms with E-state index < -0.39 is 19.5 Å². The molecule has 0 heterocycles. The lowest BCUT2D eigenvalue weighted by atomic mass is 10.8. The molecule has 0 radical (unpaired) electrons. The van der Waals surface area contributed by atoms with Gasteiger partial charge in [0.2, 0.25) is 7.37 Å². The third-order valence-electron chi connectivity index (χ3n) is 1.22. The van der Waals surface area contributed by atoms with Gasteiger partial charge in [-0.15, -0.1) is 0 Å². The second-order valence-corrected chi connectivity index (χ2v) is 4.91. The van der Waals surface area contributed by atoms with Crippen LogP contribution in [-0.2, 0) is 13.9 Å². The summed E-state index contributed by atoms with van der Waals surface area (Å²) < 4.78 is 16.2. The summed E-state index contributed by atoms with van der Waals surface area (Å²) in [6, 6.07) is 0. The topological polar surface area (TPSA) is 66.4 Å². The average Bonchev–Trinajstić information content (AvgIpc) is 1.87. The Balaban J connectivity index is 4.10. The van der Waals surface area contributed by atoms with Crippen LogP contribution in [0.15, 0.2) is 0 Å². The summed E-state index contributed by atoms with van der Waals surface area (Å²) in [5.74, 6) is -1.32. The standard InChI is InChI=1S/C6H13O4P/c1-3-10-11(9,4-2)5-6(7)8/h3-5H2,1-2H3,(H,7,8)/p-1/t11-/m1/s1. The van der Waals surface area contributed by atoms with Gasteiger partial charge in [-0.1, -0.05) is 6.92 Å². The van der Waals surface area contributed by atoms with Crippen molar-refractivity contribution in [2.75, 3.05) is 18.9 Å². The predicted molar refractivity (Wildman–Crippen MR) is 39.6 cm³/mol. The highest BCUT2D eigenvalue weighted by Crippen LogP contribution is 2.45. The average molecular weight is 179 g/mol. The summed E-state index contributed by atoms with van der Waals surface area (Å²) in [6.07, 6.45) is -0.230. The number of carbonyl (C=O) groups is 1. The largest absolute Gasteiger partial charge is 0.550 e. The zero-order valence-electron chi connectivity index (χ0n) is 6.70. The van der Waals surface area contributed by atoms with Gasteiger partial charge < -0.3 is 14.4 Å². The second-order valence-electron chi connectivity index (χ2n) is 2.08. The molecule has 0 fully saturated rings. The van der Waals surface area contributed by atoms with Crippen molar-refractivity contribution in [3.05, 3.63) is 0 Å². The molecular formula is C6H12O4P-. The SMILES string of the molecule is CCO[P@](=O)(CC)CC(=O)[O-]. The van der Waals surface area contributed by atoms with E-state index in [9.17, 15) is 14.5 Å². The van der Waals surface area contributed by atoms with Crippen molar-refractivity contribution in [1.82, 2.24) is 0 Å². The van der Waals surface area contributed by atoms with E-state index in [0.29, 0.717) is 0 Å². The van der Waals surface area contributed by atoms with Crippen molar-refractivity contribution < 1.29 is 19.0 Å². The maximum Gasteiger partial charge on any atom is 0.208 e. The number of hydrogen-bond acceptors (Lipinski definition) is 4. The number of carboxylic acid groups (broad SMARTS) is 1. The van der Waals surface area contributed by atoms with Crippen LogP contribution < -0.4 is 5.11 Å². The fraction of sp³-hybridized carbons (Fsp3) is 0.833. The first-order valence-electron chi connectivity index (χ1n) is 3.46. The summed E-state index contributed by atoms with van der Waals surface area (Å²) >= 11 is 0. The highest BCUT2D eigenvalue weighted by atomic mass is 31.2. The third-order valence-corrected chi connectivity index (χ3v) is 3.65. The van der Waals surface area contributed by atoms with Crippen molar-refractivity contribution in [3.63, 3.8) is 0 Å². The number of carbonyl (C=O) groups excluding carboxylic acids is 1. The monoisotopic (exact) mass is 179 g/mol. The van der Waals surface area contributed by atoms with Crippen molar-refractivity contribution in [2.24, 2.45) is 0 Å². The van der Waals surface area contributed by atoms with Crippen LogP contribution >= 0.6 is 7.37 Å². The molecule has 0 aromatic carbocycles. The molecule has 0 aliphatic rings. The van der Waals surface area contributed by atoms with Gasteiger partial charge in [-0.3, -0.25) is 4.57 Å². The molecule has 0 aromatic heterocycles. The summed E-state index contributed by atoms with van der Waals surface area (Å²) in [6.45, 7) is 3.59. The number of hydrogen-bond donors (Lipinski definition) is 0. The summed E-state index contributed by atoms with van der Waals surface area (Å²) in [5.41, 5.74) is 0. The van der Waals surface area contributed by atoms with Gasteiger partial charge in [-0.2, -0.15) is 0 Å². The highest BCUT2D eigenvalue weighted by Gasteiger charge is 2.19. The zero-order chi connectivity index (χ0) is 8.91. The Labute approximate surface area is 66.0 Å². The minimum absolute atomic E-state index is 0.245. The Morgan fingerprint density at radius 2 is 2.09 bits per heavy atom. The molecule has 0 spiro atoms. The number of rotatable bonds is 5. The van der Waals surface area contributed by atoms with Crippen LogP contribution in [0.5, 0.6) is 0 Å². The van der Waals surface area contributed by atoms with Gasteiger partial charge in [0.25, 0.3) is 0 Å². The van der Waals surface area contributed by atoms with E-state index in [2.05, 4.69) is 0 Å². The van der Waals surface area contributed by atoms with Crippen LogP contribution in [0.25, 0.3) is 0 Å². The minimum atomic E-state index is -2.92. The molecule has 0 bridgehead atoms. The van der Waals surface area contributed by atoms with Crippen molar-refractivity contribution in [3.8, 4) is 0 Å². The summed E-state index contributed by atoms with van der Waals surface area (Å²) in [7, 11) is -2.92. The fourth-order valence-electron chi connectivity index (χ4n) is 0.681. The Kier molecular flexibility index (Phi) is 4.38. The maximum absolute atomic E-state index is 11.3. The van der Waals surface area contributed by atoms with E-state index in [1.54, 1.807) is 13.8 Å². The van der Waals surface area contributed by atoms with Gasteiger partial charge in [0.15, 0.2) is 0 Å². The lowest BCUT2D eigenvalue weighted by Gasteiger charge is -2.15. The van der Waals surface area contributed by atoms with E-state index in [1.165, 1.54) is 0 Å². The molecule has 0 amide bonds. The Morgan fingerprint density at radius 1 is 1.55 bits per heavy atom. The lowest BCUT2D eigenvalue weighted by Crippen LogP contribution is -2.26. The van der Waals surface area contributed by atoms with Gasteiger partial charge in [-0.25, -0.2) is 0 Å². The number of carboxylic acids is 1. The third kappa shape index (κ3) is 4.17. The van der Waals surface area contributed by atoms with Crippen molar-refractivity contribution in [2.45, 2.75) is 13.8 Å². The first-order valence-corrected chi connectivity index (χ1v) is 5.46. The number of aliphatic carboxylic acids is 1. The summed E-state index contributed by atoms with van der Waals surface area (Å²) in [4.78, 5) is 10.1. The normalized spacial score (nSPS) is 15.8. The van der Waals surface area contributed by atoms with E-state index in [-0.39, 0.29) is 12.8 Å². The van der Waals surface area contributed by atoms with Crippen LogP contribution in [-0.4, -0.2) is 24.9 Å². The molecular weight excluding hydrogens is 167 g/mol. The minimum Gasteiger partial charge on any atom is -0.550 e. The Morgan fingerprint density at radius 3 is 2.36 bits per heavy atom. The first kappa shape index (κ1) is 10.7. The molecule has 0 aromatic rings. The molecule has 4 nitrogen and oxygen atoms in total. The quantitative estimate of drug-likeness (QED) is 0.560. The van der Waals surface area contributed by atoms with Crippen LogP contribution in [0, 0.1) is 0 Å². The molecule has 5 heteroatoms.